The van der Waals surface area contributed by atoms with Gasteiger partial charge in [-0.1, -0.05) is 0 Å². The molecule has 2 atom stereocenters. The number of alkyl carbamates (subject to hydrolysis) is 1. The largest absolute Gasteiger partial charge is 0.471 e. The maximum absolute atomic E-state index is 12.7. The summed E-state index contributed by atoms with van der Waals surface area (Å²) in [4.78, 5) is 37.4. The molecule has 150 valence electrons. The lowest BCUT2D eigenvalue weighted by atomic mass is 10.2. The van der Waals surface area contributed by atoms with E-state index in [1.807, 2.05) is 0 Å². The highest BCUT2D eigenvalue weighted by molar-refractivity contribution is 5.90. The highest BCUT2D eigenvalue weighted by Gasteiger charge is 2.48. The Morgan fingerprint density at radius 1 is 1.27 bits per heavy atom. The van der Waals surface area contributed by atoms with Gasteiger partial charge in [-0.15, -0.1) is 0 Å². The third-order valence-electron chi connectivity index (χ3n) is 3.73. The third-order valence-corrected chi connectivity index (χ3v) is 3.73. The van der Waals surface area contributed by atoms with Crippen LogP contribution in [0.4, 0.5) is 18.0 Å². The van der Waals surface area contributed by atoms with Crippen LogP contribution in [0.15, 0.2) is 0 Å². The topological polar surface area (TPSA) is 79.0 Å². The molecule has 1 heterocycles. The van der Waals surface area contributed by atoms with Crippen LogP contribution in [-0.4, -0.2) is 71.7 Å². The summed E-state index contributed by atoms with van der Waals surface area (Å²) in [5.74, 6) is -2.58. The van der Waals surface area contributed by atoms with Crippen molar-refractivity contribution in [3.8, 4) is 0 Å². The van der Waals surface area contributed by atoms with Gasteiger partial charge in [-0.05, 0) is 40.5 Å². The van der Waals surface area contributed by atoms with E-state index in [-0.39, 0.29) is 19.5 Å². The Labute approximate surface area is 150 Å². The number of nitrogens with zero attached hydrogens (tertiary/aromatic N) is 2. The van der Waals surface area contributed by atoms with E-state index in [1.165, 1.54) is 11.9 Å². The average Bonchev–Trinajstić information content (AvgIpc) is 2.90. The molecule has 10 heteroatoms. The van der Waals surface area contributed by atoms with Crippen molar-refractivity contribution in [2.45, 2.75) is 64.4 Å². The van der Waals surface area contributed by atoms with Crippen LogP contribution in [0.5, 0.6) is 0 Å². The molecule has 26 heavy (non-hydrogen) atoms. The Hall–Kier alpha value is -2.00. The van der Waals surface area contributed by atoms with Gasteiger partial charge in [0.1, 0.15) is 11.6 Å². The van der Waals surface area contributed by atoms with E-state index in [0.29, 0.717) is 11.3 Å². The molecule has 0 aromatic rings. The molecule has 0 saturated carbocycles. The lowest BCUT2D eigenvalue weighted by molar-refractivity contribution is -0.187. The van der Waals surface area contributed by atoms with Crippen molar-refractivity contribution in [3.63, 3.8) is 0 Å². The molecule has 0 spiro atoms. The summed E-state index contributed by atoms with van der Waals surface area (Å²) in [5, 5.41) is 2.56. The van der Waals surface area contributed by atoms with Crippen LogP contribution < -0.4 is 5.32 Å². The molecule has 1 fully saturated rings. The summed E-state index contributed by atoms with van der Waals surface area (Å²) >= 11 is 0. The number of nitrogens with one attached hydrogen (secondary N) is 1. The molecule has 0 aliphatic carbocycles. The summed E-state index contributed by atoms with van der Waals surface area (Å²) in [5.41, 5.74) is -0.673. The van der Waals surface area contributed by atoms with Gasteiger partial charge >= 0.3 is 18.2 Å². The number of carbonyl (C=O) groups is 3. The highest BCUT2D eigenvalue weighted by Crippen LogP contribution is 2.26. The number of likely N-dealkylation sites (tertiary alicyclic amines) is 1. The second-order valence-electron chi connectivity index (χ2n) is 7.42. The fourth-order valence-corrected chi connectivity index (χ4v) is 2.74. The van der Waals surface area contributed by atoms with Crippen LogP contribution in [0.2, 0.25) is 0 Å². The van der Waals surface area contributed by atoms with Gasteiger partial charge < -0.3 is 19.9 Å². The van der Waals surface area contributed by atoms with Crippen LogP contribution in [0.3, 0.4) is 0 Å². The van der Waals surface area contributed by atoms with Gasteiger partial charge in [0.25, 0.3) is 0 Å². The second-order valence-corrected chi connectivity index (χ2v) is 7.42. The van der Waals surface area contributed by atoms with Crippen molar-refractivity contribution in [2.75, 3.05) is 20.1 Å². The number of rotatable bonds is 4. The van der Waals surface area contributed by atoms with Crippen molar-refractivity contribution in [2.24, 2.45) is 0 Å². The number of carbonyl (C=O) groups excluding carboxylic acids is 3. The summed E-state index contributed by atoms with van der Waals surface area (Å²) in [6, 6.07) is -1.62. The first-order chi connectivity index (χ1) is 11.7. The van der Waals surface area contributed by atoms with Gasteiger partial charge in [-0.2, -0.15) is 13.2 Å². The van der Waals surface area contributed by atoms with E-state index in [9.17, 15) is 27.6 Å². The zero-order valence-electron chi connectivity index (χ0n) is 15.6. The minimum atomic E-state index is -5.01. The Balaban J connectivity index is 2.63. The molecule has 0 aromatic carbocycles. The predicted molar refractivity (Wildman–Crippen MR) is 87.3 cm³/mol. The molecule has 1 aliphatic heterocycles. The SMILES string of the molecule is C[C@@H](CN(C)C(=O)C1CCCN1C(=O)C(F)(F)F)NC(=O)OC(C)(C)C. The van der Waals surface area contributed by atoms with Crippen LogP contribution in [0.1, 0.15) is 40.5 Å². The average molecular weight is 381 g/mol. The molecule has 7 nitrogen and oxygen atoms in total. The number of halogens is 3. The van der Waals surface area contributed by atoms with Gasteiger partial charge in [0.05, 0.1) is 0 Å². The maximum Gasteiger partial charge on any atom is 0.471 e. The van der Waals surface area contributed by atoms with Gasteiger partial charge in [-0.25, -0.2) is 4.79 Å². The van der Waals surface area contributed by atoms with Crippen LogP contribution in [0.25, 0.3) is 0 Å². The molecule has 1 N–H and O–H groups in total. The van der Waals surface area contributed by atoms with Crippen LogP contribution in [-0.2, 0) is 14.3 Å². The molecular weight excluding hydrogens is 355 g/mol. The van der Waals surface area contributed by atoms with Crippen molar-refractivity contribution in [1.29, 1.82) is 0 Å². The quantitative estimate of drug-likeness (QED) is 0.807. The molecule has 3 amide bonds. The van der Waals surface area contributed by atoms with E-state index in [4.69, 9.17) is 4.74 Å². The Kier molecular flexibility index (Phi) is 6.89. The third kappa shape index (κ3) is 6.38. The molecule has 0 radical (unpaired) electrons. The van der Waals surface area contributed by atoms with Crippen molar-refractivity contribution < 1.29 is 32.3 Å². The standard InChI is InChI=1S/C16H26F3N3O4/c1-10(20-14(25)26-15(2,3)4)9-21(5)12(23)11-7-6-8-22(11)13(24)16(17,18)19/h10-11H,6-9H2,1-5H3,(H,20,25)/t10-,11?/m0/s1. The van der Waals surface area contributed by atoms with E-state index >= 15 is 0 Å². The number of ether oxygens (including phenoxy) is 1. The van der Waals surface area contributed by atoms with Crippen LogP contribution in [0, 0.1) is 0 Å². The smallest absolute Gasteiger partial charge is 0.444 e. The first kappa shape index (κ1) is 22.0. The summed E-state index contributed by atoms with van der Waals surface area (Å²) in [6.07, 6.45) is -5.15. The fourth-order valence-electron chi connectivity index (χ4n) is 2.74. The lowest BCUT2D eigenvalue weighted by Gasteiger charge is -2.30. The number of alkyl halides is 3. The summed E-state index contributed by atoms with van der Waals surface area (Å²) < 4.78 is 43.1. The number of hydrogen-bond acceptors (Lipinski definition) is 4. The molecule has 0 bridgehead atoms. The first-order valence-corrected chi connectivity index (χ1v) is 8.34. The molecule has 1 saturated heterocycles. The fraction of sp³-hybridized carbons (Fsp3) is 0.812. The van der Waals surface area contributed by atoms with Gasteiger partial charge in [-0.3, -0.25) is 9.59 Å². The lowest BCUT2D eigenvalue weighted by Crippen LogP contribution is -2.52. The van der Waals surface area contributed by atoms with Gasteiger partial charge in [0.15, 0.2) is 0 Å². The molecule has 1 rings (SSSR count). The monoisotopic (exact) mass is 381 g/mol. The molecular formula is C16H26F3N3O4. The van der Waals surface area contributed by atoms with E-state index in [0.717, 1.165) is 0 Å². The second kappa shape index (κ2) is 8.13. The van der Waals surface area contributed by atoms with Gasteiger partial charge in [0, 0.05) is 26.2 Å². The van der Waals surface area contributed by atoms with Crippen molar-refractivity contribution in [1.82, 2.24) is 15.1 Å². The van der Waals surface area contributed by atoms with Crippen molar-refractivity contribution in [3.05, 3.63) is 0 Å². The maximum atomic E-state index is 12.7. The van der Waals surface area contributed by atoms with Gasteiger partial charge in [0.2, 0.25) is 5.91 Å². The predicted octanol–water partition coefficient (Wildman–Crippen LogP) is 1.91. The summed E-state index contributed by atoms with van der Waals surface area (Å²) in [6.45, 7) is 6.73. The number of hydrogen-bond donors (Lipinski definition) is 1. The number of likely N-dealkylation sites (N-methyl/N-ethyl adjacent to an activating group) is 1. The zero-order valence-corrected chi connectivity index (χ0v) is 15.6. The number of amides is 3. The Bertz CT molecular complexity index is 546. The van der Waals surface area contributed by atoms with E-state index in [1.54, 1.807) is 27.7 Å². The molecule has 0 aromatic heterocycles. The Morgan fingerprint density at radius 2 is 1.85 bits per heavy atom. The highest BCUT2D eigenvalue weighted by atomic mass is 19.4. The minimum absolute atomic E-state index is 0.0720. The molecule has 1 unspecified atom stereocenters. The summed E-state index contributed by atoms with van der Waals surface area (Å²) in [7, 11) is 1.42. The first-order valence-electron chi connectivity index (χ1n) is 8.34. The van der Waals surface area contributed by atoms with E-state index < -0.39 is 41.8 Å². The van der Waals surface area contributed by atoms with E-state index in [2.05, 4.69) is 5.32 Å². The minimum Gasteiger partial charge on any atom is -0.444 e. The Morgan fingerprint density at radius 3 is 2.35 bits per heavy atom. The zero-order chi connectivity index (χ0) is 20.3. The normalized spacial score (nSPS) is 19.1. The molecule has 1 aliphatic rings. The van der Waals surface area contributed by atoms with Crippen molar-refractivity contribution >= 4 is 17.9 Å². The van der Waals surface area contributed by atoms with Crippen LogP contribution >= 0.6 is 0 Å².